The van der Waals surface area contributed by atoms with E-state index < -0.39 is 0 Å². The maximum atomic E-state index is 8.96. The van der Waals surface area contributed by atoms with Gasteiger partial charge in [-0.2, -0.15) is 5.06 Å². The third-order valence-corrected chi connectivity index (χ3v) is 3.29. The fraction of sp³-hybridized carbons (Fsp3) is 0.417. The molecule has 0 spiro atoms. The number of unbranched alkanes of at least 4 members (excludes halogenated alkanes) is 1. The van der Waals surface area contributed by atoms with Gasteiger partial charge in [-0.3, -0.25) is 0 Å². The Morgan fingerprint density at radius 3 is 2.94 bits per heavy atom. The number of benzene rings is 1. The molecular formula is C12H16N2O2S. The quantitative estimate of drug-likeness (QED) is 0.486. The Morgan fingerprint density at radius 1 is 1.35 bits per heavy atom. The highest BCUT2D eigenvalue weighted by molar-refractivity contribution is 7.99. The summed E-state index contributed by atoms with van der Waals surface area (Å²) in [7, 11) is 1.66. The van der Waals surface area contributed by atoms with Gasteiger partial charge in [0.25, 0.3) is 5.22 Å². The summed E-state index contributed by atoms with van der Waals surface area (Å²) in [4.78, 5) is 4.38. The fourth-order valence-electron chi connectivity index (χ4n) is 1.51. The van der Waals surface area contributed by atoms with E-state index in [2.05, 4.69) is 4.98 Å². The number of oxazole rings is 1. The van der Waals surface area contributed by atoms with E-state index in [9.17, 15) is 0 Å². The highest BCUT2D eigenvalue weighted by Gasteiger charge is 2.04. The van der Waals surface area contributed by atoms with Crippen LogP contribution in [0.1, 0.15) is 12.8 Å². The van der Waals surface area contributed by atoms with Crippen molar-refractivity contribution in [2.24, 2.45) is 0 Å². The molecule has 0 fully saturated rings. The number of hydrogen-bond donors (Lipinski definition) is 1. The Labute approximate surface area is 105 Å². The SMILES string of the molecule is CN(O)CCCCSc1nc2ccccc2o1. The average molecular weight is 252 g/mol. The van der Waals surface area contributed by atoms with Gasteiger partial charge in [0.2, 0.25) is 0 Å². The van der Waals surface area contributed by atoms with Crippen LogP contribution in [0.4, 0.5) is 0 Å². The summed E-state index contributed by atoms with van der Waals surface area (Å²) in [6.45, 7) is 0.702. The number of thioether (sulfide) groups is 1. The van der Waals surface area contributed by atoms with Gasteiger partial charge in [-0.1, -0.05) is 23.9 Å². The lowest BCUT2D eigenvalue weighted by atomic mass is 10.3. The molecule has 0 aliphatic rings. The Balaban J connectivity index is 1.79. The van der Waals surface area contributed by atoms with Crippen LogP contribution >= 0.6 is 11.8 Å². The summed E-state index contributed by atoms with van der Waals surface area (Å²) < 4.78 is 5.59. The average Bonchev–Trinajstić information content (AvgIpc) is 2.70. The molecule has 1 heterocycles. The molecule has 0 bridgehead atoms. The normalized spacial score (nSPS) is 11.5. The van der Waals surface area contributed by atoms with Crippen molar-refractivity contribution in [3.63, 3.8) is 0 Å². The van der Waals surface area contributed by atoms with Crippen LogP contribution in [0.15, 0.2) is 33.9 Å². The molecule has 17 heavy (non-hydrogen) atoms. The third kappa shape index (κ3) is 3.73. The summed E-state index contributed by atoms with van der Waals surface area (Å²) in [5.41, 5.74) is 1.75. The van der Waals surface area contributed by atoms with Crippen molar-refractivity contribution in [3.05, 3.63) is 24.3 Å². The van der Waals surface area contributed by atoms with Crippen LogP contribution in [-0.4, -0.2) is 34.6 Å². The molecule has 5 heteroatoms. The minimum Gasteiger partial charge on any atom is -0.431 e. The second-order valence-corrected chi connectivity index (χ2v) is 4.93. The van der Waals surface area contributed by atoms with Gasteiger partial charge in [0.05, 0.1) is 0 Å². The zero-order valence-electron chi connectivity index (χ0n) is 9.80. The molecule has 4 nitrogen and oxygen atoms in total. The highest BCUT2D eigenvalue weighted by Crippen LogP contribution is 2.23. The van der Waals surface area contributed by atoms with E-state index in [1.54, 1.807) is 18.8 Å². The molecule has 0 aliphatic carbocycles. The van der Waals surface area contributed by atoms with Crippen molar-refractivity contribution in [2.45, 2.75) is 18.1 Å². The van der Waals surface area contributed by atoms with Gasteiger partial charge >= 0.3 is 0 Å². The third-order valence-electron chi connectivity index (χ3n) is 2.38. The summed E-state index contributed by atoms with van der Waals surface area (Å²) in [5, 5.41) is 10.9. The number of para-hydroxylation sites is 2. The van der Waals surface area contributed by atoms with Crippen LogP contribution in [0.2, 0.25) is 0 Å². The lowest BCUT2D eigenvalue weighted by molar-refractivity contribution is -0.0652. The Kier molecular flexibility index (Phi) is 4.42. The van der Waals surface area contributed by atoms with Gasteiger partial charge in [0.1, 0.15) is 5.52 Å². The van der Waals surface area contributed by atoms with Gasteiger partial charge in [-0.15, -0.1) is 0 Å². The van der Waals surface area contributed by atoms with E-state index in [1.807, 2.05) is 24.3 Å². The van der Waals surface area contributed by atoms with Gasteiger partial charge in [0, 0.05) is 19.3 Å². The Bertz CT molecular complexity index is 437. The molecule has 1 aromatic heterocycles. The summed E-state index contributed by atoms with van der Waals surface area (Å²) in [6.07, 6.45) is 2.01. The van der Waals surface area contributed by atoms with Crippen LogP contribution in [0, 0.1) is 0 Å². The number of fused-ring (bicyclic) bond motifs is 1. The molecule has 92 valence electrons. The first-order valence-electron chi connectivity index (χ1n) is 5.64. The van der Waals surface area contributed by atoms with Crippen LogP contribution in [0.25, 0.3) is 11.1 Å². The molecule has 0 atom stereocenters. The van der Waals surface area contributed by atoms with Crippen LogP contribution in [0.3, 0.4) is 0 Å². The molecule has 0 aliphatic heterocycles. The molecule has 0 saturated carbocycles. The molecule has 2 rings (SSSR count). The lowest BCUT2D eigenvalue weighted by Gasteiger charge is -2.05. The molecule has 0 radical (unpaired) electrons. The lowest BCUT2D eigenvalue weighted by Crippen LogP contribution is -2.13. The minimum atomic E-state index is 0.702. The fourth-order valence-corrected chi connectivity index (χ4v) is 2.35. The van der Waals surface area contributed by atoms with E-state index in [0.29, 0.717) is 6.54 Å². The Hall–Kier alpha value is -1.04. The maximum Gasteiger partial charge on any atom is 0.256 e. The number of nitrogens with zero attached hydrogens (tertiary/aromatic N) is 2. The summed E-state index contributed by atoms with van der Waals surface area (Å²) >= 11 is 1.62. The van der Waals surface area contributed by atoms with E-state index in [4.69, 9.17) is 9.62 Å². The van der Waals surface area contributed by atoms with Gasteiger partial charge in [-0.25, -0.2) is 4.98 Å². The largest absolute Gasteiger partial charge is 0.431 e. The van der Waals surface area contributed by atoms with Crippen LogP contribution in [-0.2, 0) is 0 Å². The standard InChI is InChI=1S/C12H16N2O2S/c1-14(15)8-4-5-9-17-12-13-10-6-2-3-7-11(10)16-12/h2-3,6-7,15H,4-5,8-9H2,1H3. The molecule has 2 aromatic rings. The van der Waals surface area contributed by atoms with Gasteiger partial charge in [-0.05, 0) is 25.0 Å². The molecule has 0 unspecified atom stereocenters. The molecule has 1 N–H and O–H groups in total. The first-order valence-corrected chi connectivity index (χ1v) is 6.62. The topological polar surface area (TPSA) is 49.5 Å². The van der Waals surface area contributed by atoms with Crippen LogP contribution < -0.4 is 0 Å². The summed E-state index contributed by atoms with van der Waals surface area (Å²) in [5.74, 6) is 0.959. The maximum absolute atomic E-state index is 8.96. The number of hydroxylamine groups is 2. The Morgan fingerprint density at radius 2 is 2.18 bits per heavy atom. The van der Waals surface area contributed by atoms with Crippen molar-refractivity contribution in [3.8, 4) is 0 Å². The predicted octanol–water partition coefficient (Wildman–Crippen LogP) is 3.02. The zero-order valence-corrected chi connectivity index (χ0v) is 10.6. The van der Waals surface area contributed by atoms with E-state index in [1.165, 1.54) is 5.06 Å². The first-order chi connectivity index (χ1) is 8.25. The van der Waals surface area contributed by atoms with Gasteiger partial charge in [0.15, 0.2) is 5.58 Å². The molecule has 0 amide bonds. The number of rotatable bonds is 6. The summed E-state index contributed by atoms with van der Waals surface area (Å²) in [6, 6.07) is 7.77. The molecule has 0 saturated heterocycles. The second-order valence-electron chi connectivity index (χ2n) is 3.88. The smallest absolute Gasteiger partial charge is 0.256 e. The monoisotopic (exact) mass is 252 g/mol. The van der Waals surface area contributed by atoms with Crippen molar-refractivity contribution in [2.75, 3.05) is 19.3 Å². The predicted molar refractivity (Wildman–Crippen MR) is 68.4 cm³/mol. The van der Waals surface area contributed by atoms with Crippen molar-refractivity contribution in [1.82, 2.24) is 10.0 Å². The van der Waals surface area contributed by atoms with E-state index >= 15 is 0 Å². The number of hydrogen-bond acceptors (Lipinski definition) is 5. The first kappa shape index (κ1) is 12.4. The molecular weight excluding hydrogens is 236 g/mol. The van der Waals surface area contributed by atoms with Crippen molar-refractivity contribution in [1.29, 1.82) is 0 Å². The minimum absolute atomic E-state index is 0.702. The van der Waals surface area contributed by atoms with Crippen LogP contribution in [0.5, 0.6) is 0 Å². The highest BCUT2D eigenvalue weighted by atomic mass is 32.2. The van der Waals surface area contributed by atoms with Crippen molar-refractivity contribution < 1.29 is 9.62 Å². The van der Waals surface area contributed by atoms with Crippen molar-refractivity contribution >= 4 is 22.9 Å². The van der Waals surface area contributed by atoms with Gasteiger partial charge < -0.3 is 9.62 Å². The van der Waals surface area contributed by atoms with E-state index in [-0.39, 0.29) is 0 Å². The zero-order chi connectivity index (χ0) is 12.1. The number of aromatic nitrogens is 1. The van der Waals surface area contributed by atoms with E-state index in [0.717, 1.165) is 34.9 Å². The molecule has 1 aromatic carbocycles. The second kappa shape index (κ2) is 6.05.